The van der Waals surface area contributed by atoms with Gasteiger partial charge < -0.3 is 5.32 Å². The lowest BCUT2D eigenvalue weighted by atomic mass is 10.1. The topological polar surface area (TPSA) is 61.6 Å². The Morgan fingerprint density at radius 2 is 2.06 bits per heavy atom. The average molecular weight is 303 g/mol. The second-order valence-electron chi connectivity index (χ2n) is 3.81. The van der Waals surface area contributed by atoms with Gasteiger partial charge >= 0.3 is 0 Å². The molecule has 5 heteroatoms. The minimum Gasteiger partial charge on any atom is -0.362 e. The molecule has 1 aromatic carbocycles. The Bertz CT molecular complexity index is 574. The van der Waals surface area contributed by atoms with Gasteiger partial charge in [-0.25, -0.2) is 9.97 Å². The molecule has 0 amide bonds. The first-order valence-electron chi connectivity index (χ1n) is 5.43. The molecule has 0 aliphatic carbocycles. The van der Waals surface area contributed by atoms with Gasteiger partial charge in [-0.05, 0) is 24.6 Å². The van der Waals surface area contributed by atoms with Crippen molar-refractivity contribution in [2.45, 2.75) is 13.0 Å². The zero-order valence-electron chi connectivity index (χ0n) is 9.76. The number of nitrogens with zero attached hydrogens (tertiary/aromatic N) is 3. The standard InChI is InChI=1S/C13H11BrN4/c1-9(10-2-4-12(14)5-3-10)18-13-11(6-15)7-16-8-17-13/h2-5,7-9H,1H3,(H,16,17,18). The van der Waals surface area contributed by atoms with Crippen LogP contribution in [-0.2, 0) is 0 Å². The van der Waals surface area contributed by atoms with Gasteiger partial charge in [-0.15, -0.1) is 0 Å². The Labute approximate surface area is 114 Å². The van der Waals surface area contributed by atoms with Crippen LogP contribution in [0.3, 0.4) is 0 Å². The molecule has 1 heterocycles. The molecule has 18 heavy (non-hydrogen) atoms. The molecule has 0 radical (unpaired) electrons. The predicted molar refractivity (Wildman–Crippen MR) is 72.9 cm³/mol. The number of halogens is 1. The van der Waals surface area contributed by atoms with E-state index in [2.05, 4.69) is 37.3 Å². The summed E-state index contributed by atoms with van der Waals surface area (Å²) >= 11 is 3.40. The van der Waals surface area contributed by atoms with Gasteiger partial charge in [0.2, 0.25) is 0 Å². The molecule has 0 bridgehead atoms. The molecule has 1 unspecified atom stereocenters. The van der Waals surface area contributed by atoms with Crippen LogP contribution in [0.15, 0.2) is 41.3 Å². The van der Waals surface area contributed by atoms with E-state index in [0.29, 0.717) is 11.4 Å². The van der Waals surface area contributed by atoms with E-state index in [9.17, 15) is 0 Å². The lowest BCUT2D eigenvalue weighted by Gasteiger charge is -2.15. The summed E-state index contributed by atoms with van der Waals surface area (Å²) in [6.07, 6.45) is 2.93. The monoisotopic (exact) mass is 302 g/mol. The number of rotatable bonds is 3. The van der Waals surface area contributed by atoms with E-state index in [1.54, 1.807) is 0 Å². The average Bonchev–Trinajstić information content (AvgIpc) is 2.40. The fourth-order valence-corrected chi connectivity index (χ4v) is 1.83. The number of benzene rings is 1. The second kappa shape index (κ2) is 5.61. The van der Waals surface area contributed by atoms with Crippen molar-refractivity contribution in [3.63, 3.8) is 0 Å². The Hall–Kier alpha value is -1.93. The van der Waals surface area contributed by atoms with Crippen LogP contribution in [0.5, 0.6) is 0 Å². The fourth-order valence-electron chi connectivity index (χ4n) is 1.57. The van der Waals surface area contributed by atoms with E-state index in [0.717, 1.165) is 10.0 Å². The summed E-state index contributed by atoms with van der Waals surface area (Å²) in [6, 6.07) is 10.2. The van der Waals surface area contributed by atoms with Crippen molar-refractivity contribution in [1.82, 2.24) is 9.97 Å². The van der Waals surface area contributed by atoms with Gasteiger partial charge in [-0.1, -0.05) is 28.1 Å². The molecule has 1 aromatic heterocycles. The maximum absolute atomic E-state index is 8.96. The van der Waals surface area contributed by atoms with E-state index in [1.807, 2.05) is 31.2 Å². The first-order valence-corrected chi connectivity index (χ1v) is 6.22. The van der Waals surface area contributed by atoms with Crippen LogP contribution in [0.1, 0.15) is 24.1 Å². The molecule has 2 rings (SSSR count). The Kier molecular flexibility index (Phi) is 3.90. The number of aromatic nitrogens is 2. The zero-order chi connectivity index (χ0) is 13.0. The summed E-state index contributed by atoms with van der Waals surface area (Å²) in [5, 5.41) is 12.2. The highest BCUT2D eigenvalue weighted by Crippen LogP contribution is 2.21. The summed E-state index contributed by atoms with van der Waals surface area (Å²) in [5.74, 6) is 0.558. The molecule has 90 valence electrons. The normalized spacial score (nSPS) is 11.6. The van der Waals surface area contributed by atoms with Gasteiger partial charge in [0.25, 0.3) is 0 Å². The Morgan fingerprint density at radius 1 is 1.33 bits per heavy atom. The molecular formula is C13H11BrN4. The van der Waals surface area contributed by atoms with E-state index >= 15 is 0 Å². The zero-order valence-corrected chi connectivity index (χ0v) is 11.3. The molecular weight excluding hydrogens is 292 g/mol. The maximum Gasteiger partial charge on any atom is 0.147 e. The molecule has 0 fully saturated rings. The molecule has 4 nitrogen and oxygen atoms in total. The highest BCUT2D eigenvalue weighted by atomic mass is 79.9. The molecule has 0 saturated carbocycles. The third-order valence-corrected chi connectivity index (χ3v) is 3.08. The minimum atomic E-state index is 0.0695. The summed E-state index contributed by atoms with van der Waals surface area (Å²) in [7, 11) is 0. The first-order chi connectivity index (χ1) is 8.70. The molecule has 1 atom stereocenters. The van der Waals surface area contributed by atoms with Gasteiger partial charge in [0.05, 0.1) is 6.20 Å². The van der Waals surface area contributed by atoms with Crippen molar-refractivity contribution in [3.05, 3.63) is 52.4 Å². The van der Waals surface area contributed by atoms with Crippen LogP contribution in [0.2, 0.25) is 0 Å². The van der Waals surface area contributed by atoms with Gasteiger partial charge in [-0.3, -0.25) is 0 Å². The van der Waals surface area contributed by atoms with Crippen molar-refractivity contribution < 1.29 is 0 Å². The number of nitrogens with one attached hydrogen (secondary N) is 1. The van der Waals surface area contributed by atoms with E-state index in [4.69, 9.17) is 5.26 Å². The second-order valence-corrected chi connectivity index (χ2v) is 4.73. The van der Waals surface area contributed by atoms with E-state index < -0.39 is 0 Å². The first kappa shape index (κ1) is 12.5. The van der Waals surface area contributed by atoms with Crippen LogP contribution in [0.25, 0.3) is 0 Å². The van der Waals surface area contributed by atoms with Gasteiger partial charge in [0.15, 0.2) is 0 Å². The number of hydrogen-bond acceptors (Lipinski definition) is 4. The SMILES string of the molecule is CC(Nc1ncncc1C#N)c1ccc(Br)cc1. The van der Waals surface area contributed by atoms with Crippen molar-refractivity contribution in [2.24, 2.45) is 0 Å². The van der Waals surface area contributed by atoms with Crippen molar-refractivity contribution in [1.29, 1.82) is 5.26 Å². The van der Waals surface area contributed by atoms with Crippen LogP contribution in [0, 0.1) is 11.3 Å². The third-order valence-electron chi connectivity index (χ3n) is 2.56. The van der Waals surface area contributed by atoms with Crippen molar-refractivity contribution in [3.8, 4) is 6.07 Å². The molecule has 0 spiro atoms. The van der Waals surface area contributed by atoms with E-state index in [-0.39, 0.29) is 6.04 Å². The summed E-state index contributed by atoms with van der Waals surface area (Å²) in [5.41, 5.74) is 1.57. The molecule has 0 aliphatic rings. The van der Waals surface area contributed by atoms with Crippen LogP contribution < -0.4 is 5.32 Å². The lowest BCUT2D eigenvalue weighted by Crippen LogP contribution is -2.09. The van der Waals surface area contributed by atoms with Crippen LogP contribution in [-0.4, -0.2) is 9.97 Å². The molecule has 1 N–H and O–H groups in total. The fraction of sp³-hybridized carbons (Fsp3) is 0.154. The Balaban J connectivity index is 2.19. The number of anilines is 1. The molecule has 2 aromatic rings. The molecule has 0 aliphatic heterocycles. The highest BCUT2D eigenvalue weighted by molar-refractivity contribution is 9.10. The van der Waals surface area contributed by atoms with Gasteiger partial charge in [0.1, 0.15) is 23.8 Å². The molecule has 0 saturated heterocycles. The maximum atomic E-state index is 8.96. The van der Waals surface area contributed by atoms with Gasteiger partial charge in [0, 0.05) is 10.5 Å². The predicted octanol–water partition coefficient (Wildman–Crippen LogP) is 3.28. The number of hydrogen-bond donors (Lipinski definition) is 1. The van der Waals surface area contributed by atoms with Crippen molar-refractivity contribution in [2.75, 3.05) is 5.32 Å². The largest absolute Gasteiger partial charge is 0.362 e. The van der Waals surface area contributed by atoms with Crippen molar-refractivity contribution >= 4 is 21.7 Å². The Morgan fingerprint density at radius 3 is 2.72 bits per heavy atom. The van der Waals surface area contributed by atoms with E-state index in [1.165, 1.54) is 12.5 Å². The lowest BCUT2D eigenvalue weighted by molar-refractivity contribution is 0.870. The summed E-state index contributed by atoms with van der Waals surface area (Å²) in [4.78, 5) is 7.91. The van der Waals surface area contributed by atoms with Crippen LogP contribution >= 0.6 is 15.9 Å². The summed E-state index contributed by atoms with van der Waals surface area (Å²) in [6.45, 7) is 2.02. The smallest absolute Gasteiger partial charge is 0.147 e. The summed E-state index contributed by atoms with van der Waals surface area (Å²) < 4.78 is 1.04. The highest BCUT2D eigenvalue weighted by Gasteiger charge is 2.09. The minimum absolute atomic E-state index is 0.0695. The van der Waals surface area contributed by atoms with Crippen LogP contribution in [0.4, 0.5) is 5.82 Å². The quantitative estimate of drug-likeness (QED) is 0.945. The third kappa shape index (κ3) is 2.84. The van der Waals surface area contributed by atoms with Gasteiger partial charge in [-0.2, -0.15) is 5.26 Å². The number of nitriles is 1.